The first-order chi connectivity index (χ1) is 10.1. The Kier molecular flexibility index (Phi) is 4.89. The van der Waals surface area contributed by atoms with Crippen molar-refractivity contribution in [2.45, 2.75) is 13.3 Å². The smallest absolute Gasteiger partial charge is 0.355 e. The lowest BCUT2D eigenvalue weighted by Gasteiger charge is -2.06. The lowest BCUT2D eigenvalue weighted by molar-refractivity contribution is 0.0691. The highest BCUT2D eigenvalue weighted by atomic mass is 32.1. The lowest BCUT2D eigenvalue weighted by atomic mass is 10.3. The molecule has 1 amide bonds. The van der Waals surface area contributed by atoms with Gasteiger partial charge in [-0.1, -0.05) is 6.92 Å². The number of aromatic carboxylic acids is 1. The Labute approximate surface area is 125 Å². The fraction of sp³-hybridized carbons (Fsp3) is 0.214. The summed E-state index contributed by atoms with van der Waals surface area (Å²) in [5.74, 6) is -0.852. The van der Waals surface area contributed by atoms with Crippen molar-refractivity contribution in [1.82, 2.24) is 4.98 Å². The van der Waals surface area contributed by atoms with Gasteiger partial charge in [-0.05, 0) is 30.7 Å². The van der Waals surface area contributed by atoms with Crippen LogP contribution >= 0.6 is 11.3 Å². The number of carboxylic acids is 1. The molecule has 0 saturated heterocycles. The molecule has 2 rings (SSSR count). The Morgan fingerprint density at radius 3 is 2.62 bits per heavy atom. The summed E-state index contributed by atoms with van der Waals surface area (Å²) in [5, 5.41) is 12.9. The van der Waals surface area contributed by atoms with Crippen LogP contribution < -0.4 is 10.1 Å². The van der Waals surface area contributed by atoms with E-state index in [1.165, 1.54) is 5.38 Å². The molecule has 0 bridgehead atoms. The molecule has 2 aromatic rings. The minimum Gasteiger partial charge on any atom is -0.494 e. The number of nitrogens with one attached hydrogen (secondary N) is 1. The molecule has 0 spiro atoms. The van der Waals surface area contributed by atoms with E-state index in [0.29, 0.717) is 12.3 Å². The van der Waals surface area contributed by atoms with E-state index in [1.807, 2.05) is 6.92 Å². The number of amides is 1. The first-order valence-electron chi connectivity index (χ1n) is 6.33. The van der Waals surface area contributed by atoms with E-state index in [9.17, 15) is 9.59 Å². The summed E-state index contributed by atoms with van der Waals surface area (Å²) in [5.41, 5.74) is 0.462. The zero-order valence-corrected chi connectivity index (χ0v) is 12.1. The van der Waals surface area contributed by atoms with E-state index >= 15 is 0 Å². The molecule has 0 radical (unpaired) electrons. The van der Waals surface area contributed by atoms with Gasteiger partial charge in [-0.2, -0.15) is 0 Å². The van der Waals surface area contributed by atoms with Crippen LogP contribution in [0.4, 0.5) is 5.69 Å². The van der Waals surface area contributed by atoms with Crippen LogP contribution in [-0.4, -0.2) is 28.6 Å². The SMILES string of the molecule is CCCOc1ccc(NC(=O)c2nc(C(=O)O)cs2)cc1. The van der Waals surface area contributed by atoms with Crippen LogP contribution in [0.25, 0.3) is 0 Å². The summed E-state index contributed by atoms with van der Waals surface area (Å²) in [4.78, 5) is 26.4. The summed E-state index contributed by atoms with van der Waals surface area (Å²) in [6.45, 7) is 2.66. The molecule has 7 heteroatoms. The third-order valence-corrected chi connectivity index (χ3v) is 3.34. The average molecular weight is 306 g/mol. The Balaban J connectivity index is 2.00. The van der Waals surface area contributed by atoms with E-state index in [-0.39, 0.29) is 10.7 Å². The molecule has 0 atom stereocenters. The third-order valence-electron chi connectivity index (χ3n) is 2.50. The summed E-state index contributed by atoms with van der Waals surface area (Å²) in [7, 11) is 0. The number of ether oxygens (including phenoxy) is 1. The Bertz CT molecular complexity index is 637. The number of anilines is 1. The fourth-order valence-corrected chi connectivity index (χ4v) is 2.20. The van der Waals surface area contributed by atoms with Crippen molar-refractivity contribution in [2.24, 2.45) is 0 Å². The first-order valence-corrected chi connectivity index (χ1v) is 7.21. The Morgan fingerprint density at radius 2 is 2.05 bits per heavy atom. The van der Waals surface area contributed by atoms with E-state index in [0.717, 1.165) is 23.5 Å². The van der Waals surface area contributed by atoms with Crippen LogP contribution in [0.1, 0.15) is 33.6 Å². The number of carbonyl (C=O) groups excluding carboxylic acids is 1. The molecule has 0 fully saturated rings. The molecule has 6 nitrogen and oxygen atoms in total. The van der Waals surface area contributed by atoms with E-state index in [4.69, 9.17) is 9.84 Å². The van der Waals surface area contributed by atoms with Gasteiger partial charge in [-0.15, -0.1) is 11.3 Å². The number of carboxylic acid groups (broad SMARTS) is 1. The fourth-order valence-electron chi connectivity index (χ4n) is 1.52. The Morgan fingerprint density at radius 1 is 1.33 bits per heavy atom. The number of rotatable bonds is 6. The van der Waals surface area contributed by atoms with Crippen molar-refractivity contribution in [3.63, 3.8) is 0 Å². The quantitative estimate of drug-likeness (QED) is 0.856. The van der Waals surface area contributed by atoms with Gasteiger partial charge in [0, 0.05) is 11.1 Å². The molecular weight excluding hydrogens is 292 g/mol. The van der Waals surface area contributed by atoms with E-state index in [2.05, 4.69) is 10.3 Å². The highest BCUT2D eigenvalue weighted by Crippen LogP contribution is 2.17. The molecule has 2 N–H and O–H groups in total. The van der Waals surface area contributed by atoms with Crippen LogP contribution in [-0.2, 0) is 0 Å². The van der Waals surface area contributed by atoms with Gasteiger partial charge in [-0.25, -0.2) is 9.78 Å². The second-order valence-corrected chi connectivity index (χ2v) is 5.03. The summed E-state index contributed by atoms with van der Waals surface area (Å²) in [6, 6.07) is 6.95. The van der Waals surface area contributed by atoms with Crippen molar-refractivity contribution in [3.05, 3.63) is 40.3 Å². The molecule has 1 aromatic heterocycles. The second-order valence-electron chi connectivity index (χ2n) is 4.17. The van der Waals surface area contributed by atoms with E-state index < -0.39 is 11.9 Å². The van der Waals surface area contributed by atoms with Crippen LogP contribution in [0.2, 0.25) is 0 Å². The maximum Gasteiger partial charge on any atom is 0.355 e. The number of thiazole rings is 1. The van der Waals surface area contributed by atoms with E-state index in [1.54, 1.807) is 24.3 Å². The molecule has 0 aliphatic rings. The van der Waals surface area contributed by atoms with Crippen molar-refractivity contribution in [3.8, 4) is 5.75 Å². The average Bonchev–Trinajstić information content (AvgIpc) is 2.97. The standard InChI is InChI=1S/C14H14N2O4S/c1-2-7-20-10-5-3-9(4-6-10)15-12(17)13-16-11(8-21-13)14(18)19/h3-6,8H,2,7H2,1H3,(H,15,17)(H,18,19). The molecule has 0 aliphatic carbocycles. The van der Waals surface area contributed by atoms with Crippen LogP contribution in [0.3, 0.4) is 0 Å². The van der Waals surface area contributed by atoms with Crippen molar-refractivity contribution in [2.75, 3.05) is 11.9 Å². The molecule has 21 heavy (non-hydrogen) atoms. The number of nitrogens with zero attached hydrogens (tertiary/aromatic N) is 1. The largest absolute Gasteiger partial charge is 0.494 e. The van der Waals surface area contributed by atoms with Crippen LogP contribution in [0.5, 0.6) is 5.75 Å². The highest BCUT2D eigenvalue weighted by Gasteiger charge is 2.14. The van der Waals surface area contributed by atoms with Gasteiger partial charge in [0.1, 0.15) is 5.75 Å². The number of hydrogen-bond acceptors (Lipinski definition) is 5. The second kappa shape index (κ2) is 6.85. The van der Waals surface area contributed by atoms with Gasteiger partial charge < -0.3 is 15.2 Å². The number of carbonyl (C=O) groups is 2. The summed E-state index contributed by atoms with van der Waals surface area (Å²) in [6.07, 6.45) is 0.925. The van der Waals surface area contributed by atoms with Gasteiger partial charge in [0.15, 0.2) is 10.7 Å². The van der Waals surface area contributed by atoms with Crippen molar-refractivity contribution < 1.29 is 19.4 Å². The molecule has 1 aromatic carbocycles. The topological polar surface area (TPSA) is 88.5 Å². The predicted octanol–water partition coefficient (Wildman–Crippen LogP) is 2.88. The van der Waals surface area contributed by atoms with Gasteiger partial charge >= 0.3 is 5.97 Å². The van der Waals surface area contributed by atoms with Gasteiger partial charge in [0.25, 0.3) is 5.91 Å². The van der Waals surface area contributed by atoms with Crippen molar-refractivity contribution >= 4 is 28.9 Å². The number of aromatic nitrogens is 1. The summed E-state index contributed by atoms with van der Waals surface area (Å²) >= 11 is 0.991. The maximum atomic E-state index is 11.9. The van der Waals surface area contributed by atoms with Gasteiger partial charge in [0.2, 0.25) is 0 Å². The molecular formula is C14H14N2O4S. The molecule has 1 heterocycles. The van der Waals surface area contributed by atoms with Gasteiger partial charge in [-0.3, -0.25) is 4.79 Å². The summed E-state index contributed by atoms with van der Waals surface area (Å²) < 4.78 is 5.44. The minimum absolute atomic E-state index is 0.110. The maximum absolute atomic E-state index is 11.9. The predicted molar refractivity (Wildman–Crippen MR) is 79.3 cm³/mol. The number of hydrogen-bond donors (Lipinski definition) is 2. The number of benzene rings is 1. The third kappa shape index (κ3) is 4.03. The van der Waals surface area contributed by atoms with Crippen molar-refractivity contribution in [1.29, 1.82) is 0 Å². The zero-order valence-electron chi connectivity index (χ0n) is 11.3. The molecule has 0 aliphatic heterocycles. The molecule has 0 saturated carbocycles. The lowest BCUT2D eigenvalue weighted by Crippen LogP contribution is -2.12. The van der Waals surface area contributed by atoms with Crippen LogP contribution in [0, 0.1) is 0 Å². The molecule has 110 valence electrons. The minimum atomic E-state index is -1.15. The van der Waals surface area contributed by atoms with Crippen LogP contribution in [0.15, 0.2) is 29.6 Å². The first kappa shape index (κ1) is 15.0. The monoisotopic (exact) mass is 306 g/mol. The van der Waals surface area contributed by atoms with Gasteiger partial charge in [0.05, 0.1) is 6.61 Å². The zero-order chi connectivity index (χ0) is 15.2. The highest BCUT2D eigenvalue weighted by molar-refractivity contribution is 7.12. The normalized spacial score (nSPS) is 10.1. The Hall–Kier alpha value is -2.41. The molecule has 0 unspecified atom stereocenters.